The number of benzene rings is 1. The summed E-state index contributed by atoms with van der Waals surface area (Å²) in [7, 11) is 0. The average Bonchev–Trinajstić information content (AvgIpc) is 2.10. The molecule has 0 atom stereocenters. The molecule has 1 saturated heterocycles. The Kier molecular flexibility index (Phi) is 2.93. The first-order chi connectivity index (χ1) is 7.18. The first-order valence-electron chi connectivity index (χ1n) is 4.95. The van der Waals surface area contributed by atoms with Gasteiger partial charge in [0.05, 0.1) is 5.92 Å². The van der Waals surface area contributed by atoms with Gasteiger partial charge in [-0.05, 0) is 24.6 Å². The minimum absolute atomic E-state index is 0.0686. The molecule has 1 amide bonds. The number of rotatable bonds is 2. The van der Waals surface area contributed by atoms with Crippen LogP contribution in [0.3, 0.4) is 0 Å². The van der Waals surface area contributed by atoms with E-state index < -0.39 is 0 Å². The van der Waals surface area contributed by atoms with Crippen LogP contribution in [-0.2, 0) is 4.79 Å². The summed E-state index contributed by atoms with van der Waals surface area (Å²) in [6.07, 6.45) is 0. The predicted molar refractivity (Wildman–Crippen MR) is 61.2 cm³/mol. The van der Waals surface area contributed by atoms with Gasteiger partial charge in [-0.2, -0.15) is 0 Å². The van der Waals surface area contributed by atoms with Crippen LogP contribution in [-0.4, -0.2) is 19.0 Å². The highest BCUT2D eigenvalue weighted by Gasteiger charge is 2.25. The maximum absolute atomic E-state index is 11.7. The molecule has 0 unspecified atom stereocenters. The quantitative estimate of drug-likeness (QED) is 0.805. The zero-order valence-corrected chi connectivity index (χ0v) is 9.27. The summed E-state index contributed by atoms with van der Waals surface area (Å²) in [5.74, 6) is 0.169. The van der Waals surface area contributed by atoms with Crippen molar-refractivity contribution < 1.29 is 4.79 Å². The van der Waals surface area contributed by atoms with Crippen molar-refractivity contribution in [2.24, 2.45) is 5.92 Å². The van der Waals surface area contributed by atoms with Crippen LogP contribution in [0.25, 0.3) is 0 Å². The van der Waals surface area contributed by atoms with Gasteiger partial charge in [-0.1, -0.05) is 17.7 Å². The van der Waals surface area contributed by atoms with Crippen molar-refractivity contribution in [1.82, 2.24) is 5.32 Å². The van der Waals surface area contributed by atoms with Gasteiger partial charge < -0.3 is 10.6 Å². The van der Waals surface area contributed by atoms with E-state index in [9.17, 15) is 4.79 Å². The van der Waals surface area contributed by atoms with E-state index in [-0.39, 0.29) is 11.8 Å². The molecular formula is C11H13ClN2O. The fourth-order valence-corrected chi connectivity index (χ4v) is 1.63. The van der Waals surface area contributed by atoms with E-state index >= 15 is 0 Å². The van der Waals surface area contributed by atoms with Crippen molar-refractivity contribution in [3.05, 3.63) is 28.8 Å². The van der Waals surface area contributed by atoms with Gasteiger partial charge in [-0.15, -0.1) is 0 Å². The van der Waals surface area contributed by atoms with Crippen LogP contribution in [0.5, 0.6) is 0 Å². The molecule has 80 valence electrons. The van der Waals surface area contributed by atoms with Gasteiger partial charge in [0, 0.05) is 23.8 Å². The zero-order valence-electron chi connectivity index (χ0n) is 8.51. The standard InChI is InChI=1S/C11H13ClN2O/c1-7-9(12)3-2-4-10(7)14-11(15)8-5-13-6-8/h2-4,8,13H,5-6H2,1H3,(H,14,15). The Hall–Kier alpha value is -1.06. The first-order valence-corrected chi connectivity index (χ1v) is 5.33. The summed E-state index contributed by atoms with van der Waals surface area (Å²) in [6, 6.07) is 5.52. The number of hydrogen-bond acceptors (Lipinski definition) is 2. The Morgan fingerprint density at radius 1 is 1.53 bits per heavy atom. The van der Waals surface area contributed by atoms with Crippen molar-refractivity contribution in [3.63, 3.8) is 0 Å². The summed E-state index contributed by atoms with van der Waals surface area (Å²) in [6.45, 7) is 3.44. The van der Waals surface area contributed by atoms with E-state index in [1.807, 2.05) is 25.1 Å². The number of hydrogen-bond donors (Lipinski definition) is 2. The molecule has 0 radical (unpaired) electrons. The number of carbonyl (C=O) groups is 1. The van der Waals surface area contributed by atoms with Crippen molar-refractivity contribution in [3.8, 4) is 0 Å². The Morgan fingerprint density at radius 2 is 2.27 bits per heavy atom. The highest BCUT2D eigenvalue weighted by molar-refractivity contribution is 6.31. The van der Waals surface area contributed by atoms with Gasteiger partial charge in [0.25, 0.3) is 0 Å². The fourth-order valence-electron chi connectivity index (χ4n) is 1.45. The monoisotopic (exact) mass is 224 g/mol. The molecule has 1 aliphatic heterocycles. The lowest BCUT2D eigenvalue weighted by molar-refractivity contribution is -0.121. The molecule has 1 aromatic carbocycles. The highest BCUT2D eigenvalue weighted by Crippen LogP contribution is 2.23. The molecule has 1 heterocycles. The number of anilines is 1. The maximum atomic E-state index is 11.7. The molecule has 3 nitrogen and oxygen atoms in total. The molecule has 0 aromatic heterocycles. The first kappa shape index (κ1) is 10.5. The normalized spacial score (nSPS) is 15.9. The van der Waals surface area contributed by atoms with Crippen LogP contribution in [0.1, 0.15) is 5.56 Å². The van der Waals surface area contributed by atoms with E-state index in [0.29, 0.717) is 5.02 Å². The van der Waals surface area contributed by atoms with Gasteiger partial charge in [0.1, 0.15) is 0 Å². The third-order valence-electron chi connectivity index (χ3n) is 2.68. The second-order valence-electron chi connectivity index (χ2n) is 3.76. The minimum Gasteiger partial charge on any atom is -0.325 e. The van der Waals surface area contributed by atoms with Gasteiger partial charge >= 0.3 is 0 Å². The minimum atomic E-state index is 0.0686. The molecule has 0 saturated carbocycles. The van der Waals surface area contributed by atoms with Crippen LogP contribution in [0.15, 0.2) is 18.2 Å². The maximum Gasteiger partial charge on any atom is 0.230 e. The molecule has 4 heteroatoms. The smallest absolute Gasteiger partial charge is 0.230 e. The molecule has 0 bridgehead atoms. The largest absolute Gasteiger partial charge is 0.325 e. The van der Waals surface area contributed by atoms with E-state index in [2.05, 4.69) is 10.6 Å². The Morgan fingerprint density at radius 3 is 2.87 bits per heavy atom. The summed E-state index contributed by atoms with van der Waals surface area (Å²) in [5.41, 5.74) is 1.72. The van der Waals surface area contributed by atoms with Gasteiger partial charge in [-0.25, -0.2) is 0 Å². The Balaban J connectivity index is 2.09. The third kappa shape index (κ3) is 2.13. The lowest BCUT2D eigenvalue weighted by Gasteiger charge is -2.26. The number of carbonyl (C=O) groups excluding carboxylic acids is 1. The summed E-state index contributed by atoms with van der Waals surface area (Å²) in [4.78, 5) is 11.7. The van der Waals surface area contributed by atoms with Crippen molar-refractivity contribution in [1.29, 1.82) is 0 Å². The number of nitrogens with one attached hydrogen (secondary N) is 2. The number of halogens is 1. The van der Waals surface area contributed by atoms with Crippen molar-refractivity contribution in [2.75, 3.05) is 18.4 Å². The number of amides is 1. The average molecular weight is 225 g/mol. The molecular weight excluding hydrogens is 212 g/mol. The summed E-state index contributed by atoms with van der Waals surface area (Å²) in [5, 5.41) is 6.64. The van der Waals surface area contributed by atoms with Crippen LogP contribution in [0.2, 0.25) is 5.02 Å². The van der Waals surface area contributed by atoms with Crippen molar-refractivity contribution in [2.45, 2.75) is 6.92 Å². The van der Waals surface area contributed by atoms with Crippen LogP contribution >= 0.6 is 11.6 Å². The van der Waals surface area contributed by atoms with Gasteiger partial charge in [0.2, 0.25) is 5.91 Å². The predicted octanol–water partition coefficient (Wildman–Crippen LogP) is 1.81. The van der Waals surface area contributed by atoms with E-state index in [1.54, 1.807) is 0 Å². The highest BCUT2D eigenvalue weighted by atomic mass is 35.5. The molecule has 0 spiro atoms. The fraction of sp³-hybridized carbons (Fsp3) is 0.364. The summed E-state index contributed by atoms with van der Waals surface area (Å²) < 4.78 is 0. The molecule has 1 aromatic rings. The van der Waals surface area contributed by atoms with Crippen molar-refractivity contribution >= 4 is 23.2 Å². The second kappa shape index (κ2) is 4.21. The van der Waals surface area contributed by atoms with Gasteiger partial charge in [-0.3, -0.25) is 4.79 Å². The van der Waals surface area contributed by atoms with Crippen LogP contribution in [0, 0.1) is 12.8 Å². The summed E-state index contributed by atoms with van der Waals surface area (Å²) >= 11 is 5.96. The molecule has 1 fully saturated rings. The molecule has 1 aliphatic rings. The Labute approximate surface area is 93.8 Å². The van der Waals surface area contributed by atoms with E-state index in [0.717, 1.165) is 24.3 Å². The molecule has 0 aliphatic carbocycles. The molecule has 2 rings (SSSR count). The zero-order chi connectivity index (χ0) is 10.8. The SMILES string of the molecule is Cc1c(Cl)cccc1NC(=O)C1CNC1. The van der Waals surface area contributed by atoms with E-state index in [4.69, 9.17) is 11.6 Å². The topological polar surface area (TPSA) is 41.1 Å². The Bertz CT molecular complexity index is 388. The molecule has 15 heavy (non-hydrogen) atoms. The third-order valence-corrected chi connectivity index (χ3v) is 3.09. The lowest BCUT2D eigenvalue weighted by atomic mass is 10.0. The second-order valence-corrected chi connectivity index (χ2v) is 4.16. The van der Waals surface area contributed by atoms with Crippen LogP contribution < -0.4 is 10.6 Å². The van der Waals surface area contributed by atoms with Crippen LogP contribution in [0.4, 0.5) is 5.69 Å². The van der Waals surface area contributed by atoms with Gasteiger partial charge in [0.15, 0.2) is 0 Å². The lowest BCUT2D eigenvalue weighted by Crippen LogP contribution is -2.48. The molecule has 2 N–H and O–H groups in total. The van der Waals surface area contributed by atoms with E-state index in [1.165, 1.54) is 0 Å².